The Morgan fingerprint density at radius 2 is 1.30 bits per heavy atom. The van der Waals surface area contributed by atoms with Crippen LogP contribution >= 0.6 is 11.6 Å². The standard InChI is InChI=1S/C23H20ClNO2/c1-16-10-9-11-17(2)21(16)25-22(27-23(24)26)20(18-12-5-3-6-13-18)19-14-7-4-8-15-19/h3-15,20H,1-2H3. The highest BCUT2D eigenvalue weighted by molar-refractivity contribution is 6.62. The molecule has 0 heterocycles. The molecule has 0 aliphatic rings. The molecule has 3 nitrogen and oxygen atoms in total. The molecule has 3 aromatic rings. The molecule has 27 heavy (non-hydrogen) atoms. The van der Waals surface area contributed by atoms with Crippen molar-refractivity contribution in [1.29, 1.82) is 0 Å². The maximum Gasteiger partial charge on any atom is 0.410 e. The molecule has 0 unspecified atom stereocenters. The Labute approximate surface area is 164 Å². The van der Waals surface area contributed by atoms with Crippen molar-refractivity contribution in [2.75, 3.05) is 0 Å². The van der Waals surface area contributed by atoms with Gasteiger partial charge in [0.1, 0.15) is 0 Å². The molecule has 136 valence electrons. The molecule has 0 aromatic heterocycles. The van der Waals surface area contributed by atoms with Gasteiger partial charge < -0.3 is 4.74 Å². The normalized spacial score (nSPS) is 11.5. The molecule has 0 saturated heterocycles. The van der Waals surface area contributed by atoms with E-state index in [0.29, 0.717) is 0 Å². The molecule has 0 bridgehead atoms. The third-order valence-electron chi connectivity index (χ3n) is 4.36. The predicted molar refractivity (Wildman–Crippen MR) is 110 cm³/mol. The van der Waals surface area contributed by atoms with Crippen molar-refractivity contribution in [3.05, 3.63) is 101 Å². The number of rotatable bonds is 4. The molecule has 3 aromatic carbocycles. The van der Waals surface area contributed by atoms with Crippen molar-refractivity contribution in [1.82, 2.24) is 0 Å². The van der Waals surface area contributed by atoms with Crippen LogP contribution in [0.5, 0.6) is 0 Å². The molecule has 0 spiro atoms. The number of halogens is 1. The highest BCUT2D eigenvalue weighted by atomic mass is 35.5. The van der Waals surface area contributed by atoms with Gasteiger partial charge >= 0.3 is 5.43 Å². The monoisotopic (exact) mass is 377 g/mol. The Kier molecular flexibility index (Phi) is 6.05. The first kappa shape index (κ1) is 18.9. The highest BCUT2D eigenvalue weighted by Crippen LogP contribution is 2.31. The van der Waals surface area contributed by atoms with Gasteiger partial charge in [-0.2, -0.15) is 0 Å². The van der Waals surface area contributed by atoms with E-state index in [2.05, 4.69) is 0 Å². The van der Waals surface area contributed by atoms with E-state index < -0.39 is 5.43 Å². The van der Waals surface area contributed by atoms with Gasteiger partial charge in [0.05, 0.1) is 11.6 Å². The van der Waals surface area contributed by atoms with Crippen LogP contribution in [0.1, 0.15) is 28.2 Å². The van der Waals surface area contributed by atoms with Gasteiger partial charge in [-0.1, -0.05) is 78.9 Å². The summed E-state index contributed by atoms with van der Waals surface area (Å²) in [5, 5.41) is 0. The van der Waals surface area contributed by atoms with Crippen molar-refractivity contribution in [3.63, 3.8) is 0 Å². The zero-order valence-corrected chi connectivity index (χ0v) is 16.0. The number of benzene rings is 3. The second-order valence-electron chi connectivity index (χ2n) is 6.28. The van der Waals surface area contributed by atoms with Gasteiger partial charge in [0.25, 0.3) is 0 Å². The lowest BCUT2D eigenvalue weighted by atomic mass is 9.91. The van der Waals surface area contributed by atoms with Crippen LogP contribution in [0, 0.1) is 13.8 Å². The summed E-state index contributed by atoms with van der Waals surface area (Å²) >= 11 is 5.60. The molecule has 0 atom stereocenters. The summed E-state index contributed by atoms with van der Waals surface area (Å²) in [7, 11) is 0. The average Bonchev–Trinajstić information content (AvgIpc) is 2.66. The highest BCUT2D eigenvalue weighted by Gasteiger charge is 2.25. The number of hydrogen-bond donors (Lipinski definition) is 0. The van der Waals surface area contributed by atoms with E-state index in [1.165, 1.54) is 0 Å². The average molecular weight is 378 g/mol. The summed E-state index contributed by atoms with van der Waals surface area (Å²) in [6.07, 6.45) is 0. The fourth-order valence-electron chi connectivity index (χ4n) is 3.09. The summed E-state index contributed by atoms with van der Waals surface area (Å²) in [6.45, 7) is 3.96. The van der Waals surface area contributed by atoms with Crippen LogP contribution in [0.2, 0.25) is 0 Å². The molecular formula is C23H20ClNO2. The van der Waals surface area contributed by atoms with E-state index in [0.717, 1.165) is 27.9 Å². The number of aryl methyl sites for hydroxylation is 2. The molecule has 0 fully saturated rings. The second kappa shape index (κ2) is 8.65. The van der Waals surface area contributed by atoms with E-state index >= 15 is 0 Å². The number of ether oxygens (including phenoxy) is 1. The van der Waals surface area contributed by atoms with Crippen molar-refractivity contribution < 1.29 is 9.53 Å². The second-order valence-corrected chi connectivity index (χ2v) is 6.59. The predicted octanol–water partition coefficient (Wildman–Crippen LogP) is 6.54. The Morgan fingerprint density at radius 1 is 0.815 bits per heavy atom. The van der Waals surface area contributed by atoms with Gasteiger partial charge in [-0.25, -0.2) is 9.79 Å². The summed E-state index contributed by atoms with van der Waals surface area (Å²) < 4.78 is 5.41. The number of carbonyl (C=O) groups excluding carboxylic acids is 1. The Hall–Kier alpha value is -2.91. The van der Waals surface area contributed by atoms with E-state index in [9.17, 15) is 4.79 Å². The number of aliphatic imine (C=N–C) groups is 1. The van der Waals surface area contributed by atoms with E-state index in [4.69, 9.17) is 21.3 Å². The molecule has 0 radical (unpaired) electrons. The first-order valence-corrected chi connectivity index (χ1v) is 9.06. The molecule has 0 aliphatic carbocycles. The third kappa shape index (κ3) is 4.63. The maximum absolute atomic E-state index is 11.6. The molecule has 0 aliphatic heterocycles. The van der Waals surface area contributed by atoms with Crippen LogP contribution < -0.4 is 0 Å². The minimum atomic E-state index is -0.906. The summed E-state index contributed by atoms with van der Waals surface area (Å²) in [6, 6.07) is 25.6. The van der Waals surface area contributed by atoms with Crippen molar-refractivity contribution >= 4 is 28.6 Å². The smallest absolute Gasteiger partial charge is 0.398 e. The number of para-hydroxylation sites is 1. The van der Waals surface area contributed by atoms with E-state index in [-0.39, 0.29) is 11.8 Å². The zero-order valence-electron chi connectivity index (χ0n) is 15.2. The SMILES string of the molecule is Cc1cccc(C)c1N=C(OC(=O)Cl)C(c1ccccc1)c1ccccc1. The Balaban J connectivity index is 2.20. The fourth-order valence-corrected chi connectivity index (χ4v) is 3.17. The van der Waals surface area contributed by atoms with Gasteiger partial charge in [-0.05, 0) is 36.1 Å². The summed E-state index contributed by atoms with van der Waals surface area (Å²) in [5.74, 6) is -0.0982. The molecule has 0 saturated carbocycles. The van der Waals surface area contributed by atoms with Crippen molar-refractivity contribution in [3.8, 4) is 0 Å². The quantitative estimate of drug-likeness (QED) is 0.294. The molecule has 0 N–H and O–H groups in total. The van der Waals surface area contributed by atoms with Crippen LogP contribution in [-0.4, -0.2) is 11.3 Å². The largest absolute Gasteiger partial charge is 0.410 e. The van der Waals surface area contributed by atoms with Gasteiger partial charge in [0, 0.05) is 11.6 Å². The summed E-state index contributed by atoms with van der Waals surface area (Å²) in [5.41, 5.74) is 3.80. The van der Waals surface area contributed by atoms with Gasteiger partial charge in [-0.3, -0.25) is 0 Å². The Bertz CT molecular complexity index is 893. The van der Waals surface area contributed by atoms with Crippen LogP contribution in [0.25, 0.3) is 0 Å². The first-order valence-electron chi connectivity index (χ1n) is 8.68. The minimum absolute atomic E-state index is 0.254. The van der Waals surface area contributed by atoms with Crippen molar-refractivity contribution in [2.45, 2.75) is 19.8 Å². The van der Waals surface area contributed by atoms with E-state index in [1.807, 2.05) is 92.7 Å². The minimum Gasteiger partial charge on any atom is -0.398 e. The number of hydrogen-bond acceptors (Lipinski definition) is 3. The van der Waals surface area contributed by atoms with Crippen LogP contribution in [0.3, 0.4) is 0 Å². The fraction of sp³-hybridized carbons (Fsp3) is 0.130. The lowest BCUT2D eigenvalue weighted by molar-refractivity contribution is 0.221. The van der Waals surface area contributed by atoms with Gasteiger partial charge in [-0.15, -0.1) is 0 Å². The van der Waals surface area contributed by atoms with Crippen LogP contribution in [0.4, 0.5) is 10.5 Å². The first-order chi connectivity index (χ1) is 13.1. The number of nitrogens with zero attached hydrogens (tertiary/aromatic N) is 1. The van der Waals surface area contributed by atoms with E-state index in [1.54, 1.807) is 0 Å². The van der Waals surface area contributed by atoms with Crippen molar-refractivity contribution in [2.24, 2.45) is 4.99 Å². The van der Waals surface area contributed by atoms with Gasteiger partial charge in [0.15, 0.2) is 0 Å². The molecule has 0 amide bonds. The molecular weight excluding hydrogens is 358 g/mol. The molecule has 3 rings (SSSR count). The maximum atomic E-state index is 11.6. The summed E-state index contributed by atoms with van der Waals surface area (Å²) in [4.78, 5) is 16.4. The van der Waals surface area contributed by atoms with Crippen LogP contribution in [-0.2, 0) is 4.74 Å². The lowest BCUT2D eigenvalue weighted by Crippen LogP contribution is -2.19. The third-order valence-corrected chi connectivity index (χ3v) is 4.44. The topological polar surface area (TPSA) is 38.7 Å². The van der Waals surface area contributed by atoms with Gasteiger partial charge in [0.2, 0.25) is 5.90 Å². The lowest BCUT2D eigenvalue weighted by Gasteiger charge is -2.20. The number of carbonyl (C=O) groups is 1. The Morgan fingerprint density at radius 3 is 1.74 bits per heavy atom. The zero-order chi connectivity index (χ0) is 19.2. The van der Waals surface area contributed by atoms with Crippen LogP contribution in [0.15, 0.2) is 83.9 Å². The molecule has 4 heteroatoms.